The Hall–Kier alpha value is -2.89. The number of benzene rings is 1. The van der Waals surface area contributed by atoms with Gasteiger partial charge in [0.05, 0.1) is 29.6 Å². The zero-order valence-electron chi connectivity index (χ0n) is 11.4. The number of aromatic carboxylic acids is 1. The van der Waals surface area contributed by atoms with Gasteiger partial charge in [0.25, 0.3) is 0 Å². The van der Waals surface area contributed by atoms with Crippen LogP contribution in [0.25, 0.3) is 0 Å². The van der Waals surface area contributed by atoms with Crippen LogP contribution in [0.4, 0.5) is 11.4 Å². The Kier molecular flexibility index (Phi) is 4.50. The van der Waals surface area contributed by atoms with Gasteiger partial charge in [-0.3, -0.25) is 4.98 Å². The van der Waals surface area contributed by atoms with E-state index in [0.29, 0.717) is 23.5 Å². The molecule has 21 heavy (non-hydrogen) atoms. The number of hydrogen-bond acceptors (Lipinski definition) is 5. The van der Waals surface area contributed by atoms with Crippen LogP contribution in [0.15, 0.2) is 42.7 Å². The predicted octanol–water partition coefficient (Wildman–Crippen LogP) is 2.70. The molecule has 2 aromatic rings. The van der Waals surface area contributed by atoms with Gasteiger partial charge in [0, 0.05) is 11.9 Å². The van der Waals surface area contributed by atoms with Crippen molar-refractivity contribution in [2.75, 3.05) is 11.9 Å². The largest absolute Gasteiger partial charge is 0.478 e. The molecule has 1 heterocycles. The highest BCUT2D eigenvalue weighted by molar-refractivity contribution is 5.91. The molecule has 0 aliphatic heterocycles. The highest BCUT2D eigenvalue weighted by Crippen LogP contribution is 2.18. The summed E-state index contributed by atoms with van der Waals surface area (Å²) in [6.45, 7) is 2.05. The number of carbonyl (C=O) groups excluding carboxylic acids is 1. The second kappa shape index (κ2) is 6.51. The zero-order chi connectivity index (χ0) is 15.2. The number of aromatic nitrogens is 1. The summed E-state index contributed by atoms with van der Waals surface area (Å²) in [5.41, 5.74) is 1.67. The Morgan fingerprint density at radius 2 is 1.95 bits per heavy atom. The van der Waals surface area contributed by atoms with Gasteiger partial charge < -0.3 is 15.2 Å². The van der Waals surface area contributed by atoms with Crippen molar-refractivity contribution in [2.24, 2.45) is 0 Å². The van der Waals surface area contributed by atoms with Crippen LogP contribution >= 0.6 is 0 Å². The maximum Gasteiger partial charge on any atom is 0.338 e. The maximum atomic E-state index is 11.7. The van der Waals surface area contributed by atoms with Crippen molar-refractivity contribution < 1.29 is 19.4 Å². The SMILES string of the molecule is CCOC(=O)c1cccc(Nc2cncc(C(=O)O)c2)c1. The summed E-state index contributed by atoms with van der Waals surface area (Å²) in [5, 5.41) is 11.9. The number of rotatable bonds is 5. The number of esters is 1. The van der Waals surface area contributed by atoms with Crippen LogP contribution in [0, 0.1) is 0 Å². The van der Waals surface area contributed by atoms with Crippen LogP contribution < -0.4 is 5.32 Å². The molecule has 0 saturated heterocycles. The van der Waals surface area contributed by atoms with E-state index in [4.69, 9.17) is 9.84 Å². The Bertz CT molecular complexity index is 670. The maximum absolute atomic E-state index is 11.7. The number of ether oxygens (including phenoxy) is 1. The minimum Gasteiger partial charge on any atom is -0.478 e. The van der Waals surface area contributed by atoms with E-state index in [1.165, 1.54) is 18.5 Å². The number of carbonyl (C=O) groups is 2. The van der Waals surface area contributed by atoms with Gasteiger partial charge in [0.1, 0.15) is 0 Å². The zero-order valence-corrected chi connectivity index (χ0v) is 11.4. The summed E-state index contributed by atoms with van der Waals surface area (Å²) in [7, 11) is 0. The summed E-state index contributed by atoms with van der Waals surface area (Å²) in [5.74, 6) is -1.45. The first-order valence-electron chi connectivity index (χ1n) is 6.32. The number of pyridine rings is 1. The number of nitrogens with zero attached hydrogens (tertiary/aromatic N) is 1. The second-order valence-electron chi connectivity index (χ2n) is 4.19. The van der Waals surface area contributed by atoms with Gasteiger partial charge in [-0.1, -0.05) is 6.07 Å². The fourth-order valence-electron chi connectivity index (χ4n) is 1.73. The molecule has 6 heteroatoms. The lowest BCUT2D eigenvalue weighted by atomic mass is 10.2. The number of hydrogen-bond donors (Lipinski definition) is 2. The van der Waals surface area contributed by atoms with Crippen molar-refractivity contribution in [3.8, 4) is 0 Å². The fourth-order valence-corrected chi connectivity index (χ4v) is 1.73. The first-order chi connectivity index (χ1) is 10.1. The summed E-state index contributed by atoms with van der Waals surface area (Å²) < 4.78 is 4.93. The first-order valence-corrected chi connectivity index (χ1v) is 6.32. The minimum absolute atomic E-state index is 0.0848. The van der Waals surface area contributed by atoms with Gasteiger partial charge in [0.15, 0.2) is 0 Å². The number of carboxylic acids is 1. The monoisotopic (exact) mass is 286 g/mol. The number of carboxylic acid groups (broad SMARTS) is 1. The summed E-state index contributed by atoms with van der Waals surface area (Å²) in [6.07, 6.45) is 2.77. The van der Waals surface area contributed by atoms with Crippen molar-refractivity contribution in [1.29, 1.82) is 0 Å². The molecule has 0 saturated carbocycles. The first kappa shape index (κ1) is 14.5. The smallest absolute Gasteiger partial charge is 0.338 e. The van der Waals surface area contributed by atoms with E-state index < -0.39 is 11.9 Å². The van der Waals surface area contributed by atoms with E-state index in [1.54, 1.807) is 31.2 Å². The van der Waals surface area contributed by atoms with Crippen molar-refractivity contribution in [2.45, 2.75) is 6.92 Å². The number of anilines is 2. The Labute approximate surface area is 121 Å². The van der Waals surface area contributed by atoms with E-state index in [1.807, 2.05) is 0 Å². The molecule has 0 spiro atoms. The van der Waals surface area contributed by atoms with Crippen molar-refractivity contribution >= 4 is 23.3 Å². The van der Waals surface area contributed by atoms with Crippen LogP contribution in [0.1, 0.15) is 27.6 Å². The molecule has 2 rings (SSSR count). The highest BCUT2D eigenvalue weighted by Gasteiger charge is 2.08. The Morgan fingerprint density at radius 3 is 2.67 bits per heavy atom. The fraction of sp³-hybridized carbons (Fsp3) is 0.133. The van der Waals surface area contributed by atoms with Gasteiger partial charge in [-0.25, -0.2) is 9.59 Å². The molecule has 0 aliphatic carbocycles. The molecule has 0 atom stereocenters. The molecular formula is C15H14N2O4. The van der Waals surface area contributed by atoms with Crippen molar-refractivity contribution in [1.82, 2.24) is 4.98 Å². The van der Waals surface area contributed by atoms with E-state index >= 15 is 0 Å². The third-order valence-corrected chi connectivity index (χ3v) is 2.65. The molecule has 1 aromatic heterocycles. The summed E-state index contributed by atoms with van der Waals surface area (Å²) in [6, 6.07) is 8.21. The van der Waals surface area contributed by atoms with Gasteiger partial charge in [-0.2, -0.15) is 0 Å². The lowest BCUT2D eigenvalue weighted by Gasteiger charge is -2.08. The Morgan fingerprint density at radius 1 is 1.19 bits per heavy atom. The molecule has 1 aromatic carbocycles. The van der Waals surface area contributed by atoms with Crippen LogP contribution in [-0.4, -0.2) is 28.6 Å². The summed E-state index contributed by atoms with van der Waals surface area (Å²) in [4.78, 5) is 26.4. The van der Waals surface area contributed by atoms with E-state index in [9.17, 15) is 9.59 Å². The highest BCUT2D eigenvalue weighted by atomic mass is 16.5. The average molecular weight is 286 g/mol. The van der Waals surface area contributed by atoms with Crippen molar-refractivity contribution in [3.05, 3.63) is 53.9 Å². The van der Waals surface area contributed by atoms with Crippen molar-refractivity contribution in [3.63, 3.8) is 0 Å². The average Bonchev–Trinajstić information content (AvgIpc) is 2.48. The van der Waals surface area contributed by atoms with E-state index in [2.05, 4.69) is 10.3 Å². The van der Waals surface area contributed by atoms with E-state index in [-0.39, 0.29) is 5.56 Å². The molecular weight excluding hydrogens is 272 g/mol. The summed E-state index contributed by atoms with van der Waals surface area (Å²) >= 11 is 0. The second-order valence-corrected chi connectivity index (χ2v) is 4.19. The van der Waals surface area contributed by atoms with Crippen LogP contribution in [0.3, 0.4) is 0 Å². The van der Waals surface area contributed by atoms with Gasteiger partial charge >= 0.3 is 11.9 Å². The standard InChI is InChI=1S/C15H14N2O4/c1-2-21-15(20)10-4-3-5-12(6-10)17-13-7-11(14(18)19)8-16-9-13/h3-9,17H,2H2,1H3,(H,18,19). The third kappa shape index (κ3) is 3.79. The van der Waals surface area contributed by atoms with E-state index in [0.717, 1.165) is 0 Å². The van der Waals surface area contributed by atoms with Crippen LogP contribution in [-0.2, 0) is 4.74 Å². The predicted molar refractivity (Wildman–Crippen MR) is 76.9 cm³/mol. The van der Waals surface area contributed by atoms with Gasteiger partial charge in [0.2, 0.25) is 0 Å². The molecule has 2 N–H and O–H groups in total. The van der Waals surface area contributed by atoms with Crippen LogP contribution in [0.5, 0.6) is 0 Å². The van der Waals surface area contributed by atoms with Gasteiger partial charge in [-0.05, 0) is 31.2 Å². The minimum atomic E-state index is -1.05. The molecule has 6 nitrogen and oxygen atoms in total. The lowest BCUT2D eigenvalue weighted by Crippen LogP contribution is -2.05. The molecule has 0 amide bonds. The normalized spacial score (nSPS) is 9.95. The molecule has 0 aliphatic rings. The molecule has 0 fully saturated rings. The lowest BCUT2D eigenvalue weighted by molar-refractivity contribution is 0.0526. The quantitative estimate of drug-likeness (QED) is 0.821. The topological polar surface area (TPSA) is 88.5 Å². The molecule has 0 radical (unpaired) electrons. The van der Waals surface area contributed by atoms with Crippen LogP contribution in [0.2, 0.25) is 0 Å². The Balaban J connectivity index is 2.20. The molecule has 108 valence electrons. The molecule has 0 bridgehead atoms. The number of nitrogens with one attached hydrogen (secondary N) is 1. The van der Waals surface area contributed by atoms with Gasteiger partial charge in [-0.15, -0.1) is 0 Å². The third-order valence-electron chi connectivity index (χ3n) is 2.65. The molecule has 0 unspecified atom stereocenters.